The molecule has 0 unspecified atom stereocenters. The molecule has 1 aromatic rings. The van der Waals surface area contributed by atoms with Crippen LogP contribution in [0.2, 0.25) is 0 Å². The molecule has 1 saturated heterocycles. The Hall–Kier alpha value is -1.79. The van der Waals surface area contributed by atoms with Gasteiger partial charge >= 0.3 is 0 Å². The Kier molecular flexibility index (Phi) is 6.94. The summed E-state index contributed by atoms with van der Waals surface area (Å²) in [7, 11) is 0. The van der Waals surface area contributed by atoms with Crippen LogP contribution < -0.4 is 15.8 Å². The number of guanidine groups is 1. The minimum absolute atomic E-state index is 0.499. The van der Waals surface area contributed by atoms with E-state index in [2.05, 4.69) is 21.3 Å². The third kappa shape index (κ3) is 6.55. The van der Waals surface area contributed by atoms with E-state index in [1.165, 1.54) is 12.8 Å². The number of hydrogen-bond acceptors (Lipinski definition) is 4. The van der Waals surface area contributed by atoms with Crippen LogP contribution in [0, 0.1) is 5.92 Å². The number of nitrogens with one attached hydrogen (secondary N) is 1. The largest absolute Gasteiger partial charge is 0.493 e. The van der Waals surface area contributed by atoms with Crippen molar-refractivity contribution in [2.75, 3.05) is 46.0 Å². The van der Waals surface area contributed by atoms with Gasteiger partial charge in [-0.1, -0.05) is 18.2 Å². The third-order valence-electron chi connectivity index (χ3n) is 4.62. The van der Waals surface area contributed by atoms with Crippen LogP contribution in [-0.4, -0.2) is 56.9 Å². The van der Waals surface area contributed by atoms with E-state index in [1.54, 1.807) is 0 Å². The quantitative estimate of drug-likeness (QED) is 0.404. The lowest BCUT2D eigenvalue weighted by Crippen LogP contribution is -2.39. The highest BCUT2D eigenvalue weighted by atomic mass is 16.5. The highest BCUT2D eigenvalue weighted by Crippen LogP contribution is 2.30. The summed E-state index contributed by atoms with van der Waals surface area (Å²) in [6.07, 6.45) is 3.64. The van der Waals surface area contributed by atoms with Gasteiger partial charge in [-0.2, -0.15) is 0 Å². The Bertz CT molecular complexity index is 554. The molecule has 1 heterocycles. The molecule has 0 aromatic heterocycles. The highest BCUT2D eigenvalue weighted by Gasteiger charge is 2.22. The van der Waals surface area contributed by atoms with Crippen molar-refractivity contribution in [2.45, 2.75) is 25.8 Å². The molecular weight excluding hydrogens is 316 g/mol. The molecule has 25 heavy (non-hydrogen) atoms. The molecule has 0 radical (unpaired) electrons. The summed E-state index contributed by atoms with van der Waals surface area (Å²) in [6.45, 7) is 7.02. The lowest BCUT2D eigenvalue weighted by atomic mass is 10.2. The fourth-order valence-corrected chi connectivity index (χ4v) is 2.84. The molecular formula is C19H30N4O2. The third-order valence-corrected chi connectivity index (χ3v) is 4.62. The van der Waals surface area contributed by atoms with Gasteiger partial charge in [0.1, 0.15) is 5.75 Å². The molecule has 3 rings (SSSR count). The van der Waals surface area contributed by atoms with Crippen LogP contribution >= 0.6 is 0 Å². The topological polar surface area (TPSA) is 72.1 Å². The van der Waals surface area contributed by atoms with Gasteiger partial charge in [0.15, 0.2) is 5.96 Å². The Balaban J connectivity index is 1.37. The van der Waals surface area contributed by atoms with Gasteiger partial charge in [-0.05, 0) is 37.8 Å². The van der Waals surface area contributed by atoms with E-state index >= 15 is 0 Å². The Morgan fingerprint density at radius 1 is 1.28 bits per heavy atom. The molecule has 138 valence electrons. The lowest BCUT2D eigenvalue weighted by molar-refractivity contribution is 0.0376. The first-order valence-electron chi connectivity index (χ1n) is 9.36. The average molecular weight is 346 g/mol. The van der Waals surface area contributed by atoms with Crippen molar-refractivity contribution in [3.05, 3.63) is 29.8 Å². The summed E-state index contributed by atoms with van der Waals surface area (Å²) < 4.78 is 11.3. The zero-order valence-electron chi connectivity index (χ0n) is 15.0. The molecule has 0 atom stereocenters. The van der Waals surface area contributed by atoms with Gasteiger partial charge in [0.2, 0.25) is 0 Å². The molecule has 2 fully saturated rings. The molecule has 0 amide bonds. The predicted octanol–water partition coefficient (Wildman–Crippen LogP) is 1.60. The standard InChI is InChI=1S/C19H30N4O2/c20-19(21-8-3-9-23-10-12-24-13-11-23)22-14-17-4-1-2-5-18(17)25-15-16-6-7-16/h1-2,4-5,16H,3,6-15H2,(H3,20,21,22). The van der Waals surface area contributed by atoms with Gasteiger partial charge in [0, 0.05) is 25.2 Å². The summed E-state index contributed by atoms with van der Waals surface area (Å²) in [5, 5.41) is 3.20. The first-order chi connectivity index (χ1) is 12.3. The fraction of sp³-hybridized carbons (Fsp3) is 0.632. The Morgan fingerprint density at radius 3 is 2.88 bits per heavy atom. The molecule has 1 aliphatic carbocycles. The van der Waals surface area contributed by atoms with Crippen LogP contribution in [0.25, 0.3) is 0 Å². The van der Waals surface area contributed by atoms with E-state index in [-0.39, 0.29) is 0 Å². The number of ether oxygens (including phenoxy) is 2. The molecule has 1 aliphatic heterocycles. The summed E-state index contributed by atoms with van der Waals surface area (Å²) >= 11 is 0. The summed E-state index contributed by atoms with van der Waals surface area (Å²) in [5.74, 6) is 2.17. The number of benzene rings is 1. The van der Waals surface area contributed by atoms with Crippen molar-refractivity contribution in [3.8, 4) is 5.75 Å². The van der Waals surface area contributed by atoms with Crippen LogP contribution in [0.4, 0.5) is 0 Å². The van der Waals surface area contributed by atoms with Crippen LogP contribution in [-0.2, 0) is 11.3 Å². The molecule has 3 N–H and O–H groups in total. The van der Waals surface area contributed by atoms with Gasteiger partial charge in [-0.15, -0.1) is 0 Å². The number of nitrogens with zero attached hydrogens (tertiary/aromatic N) is 2. The molecule has 1 saturated carbocycles. The second-order valence-corrected chi connectivity index (χ2v) is 6.80. The summed E-state index contributed by atoms with van der Waals surface area (Å²) in [6, 6.07) is 8.08. The highest BCUT2D eigenvalue weighted by molar-refractivity contribution is 5.77. The second kappa shape index (κ2) is 9.63. The number of nitrogens with two attached hydrogens (primary N) is 1. The number of rotatable bonds is 9. The van der Waals surface area contributed by atoms with Gasteiger partial charge in [0.05, 0.1) is 26.4 Å². The van der Waals surface area contributed by atoms with Crippen molar-refractivity contribution in [2.24, 2.45) is 16.6 Å². The van der Waals surface area contributed by atoms with E-state index in [9.17, 15) is 0 Å². The predicted molar refractivity (Wildman–Crippen MR) is 99.9 cm³/mol. The van der Waals surface area contributed by atoms with Crippen molar-refractivity contribution in [1.82, 2.24) is 10.2 Å². The van der Waals surface area contributed by atoms with Crippen LogP contribution in [0.5, 0.6) is 5.75 Å². The van der Waals surface area contributed by atoms with Crippen LogP contribution in [0.1, 0.15) is 24.8 Å². The first kappa shape index (κ1) is 18.0. The van der Waals surface area contributed by atoms with E-state index < -0.39 is 0 Å². The minimum atomic E-state index is 0.499. The maximum Gasteiger partial charge on any atom is 0.188 e. The van der Waals surface area contributed by atoms with Crippen molar-refractivity contribution in [3.63, 3.8) is 0 Å². The van der Waals surface area contributed by atoms with Gasteiger partial charge in [0.25, 0.3) is 0 Å². The smallest absolute Gasteiger partial charge is 0.188 e. The van der Waals surface area contributed by atoms with E-state index in [0.717, 1.165) is 69.7 Å². The van der Waals surface area contributed by atoms with Crippen molar-refractivity contribution >= 4 is 5.96 Å². The van der Waals surface area contributed by atoms with Gasteiger partial charge < -0.3 is 20.5 Å². The first-order valence-corrected chi connectivity index (χ1v) is 9.36. The summed E-state index contributed by atoms with van der Waals surface area (Å²) in [5.41, 5.74) is 7.07. The van der Waals surface area contributed by atoms with E-state index in [1.807, 2.05) is 18.2 Å². The number of morpholine rings is 1. The molecule has 2 aliphatic rings. The minimum Gasteiger partial charge on any atom is -0.493 e. The zero-order valence-corrected chi connectivity index (χ0v) is 15.0. The molecule has 6 nitrogen and oxygen atoms in total. The Morgan fingerprint density at radius 2 is 2.08 bits per heavy atom. The maximum atomic E-state index is 5.99. The normalized spacial score (nSPS) is 19.0. The van der Waals surface area contributed by atoms with Gasteiger partial charge in [-0.25, -0.2) is 4.99 Å². The maximum absolute atomic E-state index is 5.99. The van der Waals surface area contributed by atoms with Crippen LogP contribution in [0.3, 0.4) is 0 Å². The zero-order chi connectivity index (χ0) is 17.3. The number of para-hydroxylation sites is 1. The molecule has 6 heteroatoms. The number of aliphatic imine (C=N–C) groups is 1. The fourth-order valence-electron chi connectivity index (χ4n) is 2.84. The van der Waals surface area contributed by atoms with E-state index in [0.29, 0.717) is 12.5 Å². The van der Waals surface area contributed by atoms with Crippen molar-refractivity contribution < 1.29 is 9.47 Å². The number of hydrogen-bond donors (Lipinski definition) is 2. The van der Waals surface area contributed by atoms with Crippen LogP contribution in [0.15, 0.2) is 29.3 Å². The lowest BCUT2D eigenvalue weighted by Gasteiger charge is -2.26. The molecule has 1 aromatic carbocycles. The molecule has 0 spiro atoms. The monoisotopic (exact) mass is 346 g/mol. The summed E-state index contributed by atoms with van der Waals surface area (Å²) in [4.78, 5) is 6.87. The van der Waals surface area contributed by atoms with E-state index in [4.69, 9.17) is 15.2 Å². The van der Waals surface area contributed by atoms with Crippen molar-refractivity contribution in [1.29, 1.82) is 0 Å². The Labute approximate surface area is 150 Å². The average Bonchev–Trinajstić information content (AvgIpc) is 3.48. The van der Waals surface area contributed by atoms with Gasteiger partial charge in [-0.3, -0.25) is 4.90 Å². The second-order valence-electron chi connectivity index (χ2n) is 6.80. The SMILES string of the molecule is NC(=NCc1ccccc1OCC1CC1)NCCCN1CCOCC1. The molecule has 0 bridgehead atoms.